The predicted octanol–water partition coefficient (Wildman–Crippen LogP) is 5.54. The Labute approximate surface area is 195 Å². The smallest absolute Gasteiger partial charge is 0.243 e. The Bertz CT molecular complexity index is 1400. The fourth-order valence-electron chi connectivity index (χ4n) is 4.41. The lowest BCUT2D eigenvalue weighted by atomic mass is 9.97. The molecule has 3 aromatic carbocycles. The maximum atomic E-state index is 13.4. The zero-order chi connectivity index (χ0) is 23.0. The summed E-state index contributed by atoms with van der Waals surface area (Å²) in [6, 6.07) is 25.4. The average molecular weight is 455 g/mol. The molecule has 0 aromatic heterocycles. The van der Waals surface area contributed by atoms with Gasteiger partial charge in [0.2, 0.25) is 10.0 Å². The summed E-state index contributed by atoms with van der Waals surface area (Å²) >= 11 is 0. The average Bonchev–Trinajstić information content (AvgIpc) is 3.14. The van der Waals surface area contributed by atoms with Crippen LogP contribution in [0.25, 0.3) is 5.70 Å². The van der Waals surface area contributed by atoms with Gasteiger partial charge in [-0.2, -0.15) is 4.31 Å². The number of nitrogens with zero attached hydrogens (tertiary/aromatic N) is 2. The Morgan fingerprint density at radius 3 is 2.24 bits per heavy atom. The highest BCUT2D eigenvalue weighted by molar-refractivity contribution is 7.89. The van der Waals surface area contributed by atoms with Crippen LogP contribution in [-0.4, -0.2) is 31.5 Å². The van der Waals surface area contributed by atoms with Crippen LogP contribution in [-0.2, 0) is 10.0 Å². The minimum atomic E-state index is -3.58. The summed E-state index contributed by atoms with van der Waals surface area (Å²) in [7, 11) is -3.58. The van der Waals surface area contributed by atoms with Crippen molar-refractivity contribution >= 4 is 21.4 Å². The minimum absolute atomic E-state index is 0.339. The standard InChI is InChI=1S/C28H26N2O2S/c1-20-12-14-25(15-13-20)33(31,32)30-18-23-16-27(22-9-4-3-5-10-22)29-28(17-24(23)19-30)26-11-7-6-8-21(26)2/h3-16H,17-19H2,1-2H3. The van der Waals surface area contributed by atoms with Gasteiger partial charge in [0, 0.05) is 25.1 Å². The molecule has 4 nitrogen and oxygen atoms in total. The fraction of sp³-hybridized carbons (Fsp3) is 0.179. The van der Waals surface area contributed by atoms with E-state index in [-0.39, 0.29) is 0 Å². The summed E-state index contributed by atoms with van der Waals surface area (Å²) in [5.41, 5.74) is 8.32. The molecule has 2 heterocycles. The number of hydrogen-bond donors (Lipinski definition) is 0. The molecule has 5 heteroatoms. The monoisotopic (exact) mass is 454 g/mol. The van der Waals surface area contributed by atoms with Crippen LogP contribution in [0.3, 0.4) is 0 Å². The van der Waals surface area contributed by atoms with Crippen molar-refractivity contribution in [1.29, 1.82) is 0 Å². The van der Waals surface area contributed by atoms with Gasteiger partial charge in [0.15, 0.2) is 0 Å². The number of benzene rings is 3. The van der Waals surface area contributed by atoms with Gasteiger partial charge in [-0.3, -0.25) is 4.99 Å². The topological polar surface area (TPSA) is 49.7 Å². The molecule has 0 N–H and O–H groups in total. The Balaban J connectivity index is 1.55. The van der Waals surface area contributed by atoms with Gasteiger partial charge in [-0.05, 0) is 54.3 Å². The van der Waals surface area contributed by atoms with E-state index in [4.69, 9.17) is 4.99 Å². The summed E-state index contributed by atoms with van der Waals surface area (Å²) in [6.07, 6.45) is 2.70. The lowest BCUT2D eigenvalue weighted by Crippen LogP contribution is -2.30. The van der Waals surface area contributed by atoms with Crippen LogP contribution in [0.15, 0.2) is 106 Å². The van der Waals surface area contributed by atoms with Crippen LogP contribution in [0.5, 0.6) is 0 Å². The van der Waals surface area contributed by atoms with Crippen LogP contribution in [0.4, 0.5) is 0 Å². The highest BCUT2D eigenvalue weighted by Gasteiger charge is 2.33. The van der Waals surface area contributed by atoms with Gasteiger partial charge in [0.1, 0.15) is 0 Å². The molecule has 0 radical (unpaired) electrons. The quantitative estimate of drug-likeness (QED) is 0.520. The van der Waals surface area contributed by atoms with Gasteiger partial charge < -0.3 is 0 Å². The van der Waals surface area contributed by atoms with E-state index in [1.54, 1.807) is 16.4 Å². The predicted molar refractivity (Wildman–Crippen MR) is 134 cm³/mol. The first-order valence-corrected chi connectivity index (χ1v) is 12.5. The Hall–Kier alpha value is -3.28. The zero-order valence-corrected chi connectivity index (χ0v) is 19.6. The van der Waals surface area contributed by atoms with Crippen molar-refractivity contribution in [2.75, 3.05) is 13.1 Å². The fourth-order valence-corrected chi connectivity index (χ4v) is 5.82. The summed E-state index contributed by atoms with van der Waals surface area (Å²) < 4.78 is 28.3. The van der Waals surface area contributed by atoms with Gasteiger partial charge in [-0.15, -0.1) is 0 Å². The van der Waals surface area contributed by atoms with E-state index < -0.39 is 10.0 Å². The molecule has 0 saturated carbocycles. The third kappa shape index (κ3) is 4.22. The van der Waals surface area contributed by atoms with Gasteiger partial charge in [0.25, 0.3) is 0 Å². The highest BCUT2D eigenvalue weighted by Crippen LogP contribution is 2.34. The summed E-state index contributed by atoms with van der Waals surface area (Å²) in [5, 5.41) is 0. The van der Waals surface area contributed by atoms with Crippen LogP contribution in [0, 0.1) is 13.8 Å². The first kappa shape index (κ1) is 21.6. The van der Waals surface area contributed by atoms with Crippen molar-refractivity contribution < 1.29 is 8.42 Å². The molecule has 3 aromatic rings. The second-order valence-electron chi connectivity index (χ2n) is 8.66. The lowest BCUT2D eigenvalue weighted by molar-refractivity contribution is 0.481. The summed E-state index contributed by atoms with van der Waals surface area (Å²) in [6.45, 7) is 4.79. The Kier molecular flexibility index (Phi) is 5.60. The molecule has 0 atom stereocenters. The van der Waals surface area contributed by atoms with E-state index in [0.717, 1.165) is 44.8 Å². The molecule has 0 amide bonds. The largest absolute Gasteiger partial charge is 0.252 e. The molecule has 0 aliphatic carbocycles. The minimum Gasteiger partial charge on any atom is -0.252 e. The summed E-state index contributed by atoms with van der Waals surface area (Å²) in [4.78, 5) is 5.42. The number of rotatable bonds is 4. The number of aryl methyl sites for hydroxylation is 2. The van der Waals surface area contributed by atoms with Crippen molar-refractivity contribution in [2.45, 2.75) is 25.2 Å². The molecule has 2 aliphatic rings. The maximum Gasteiger partial charge on any atom is 0.243 e. The normalized spacial score (nSPS) is 16.8. The molecule has 0 bridgehead atoms. The van der Waals surface area contributed by atoms with E-state index in [2.05, 4.69) is 25.1 Å². The highest BCUT2D eigenvalue weighted by atomic mass is 32.2. The first-order chi connectivity index (χ1) is 15.9. The molecule has 0 fully saturated rings. The lowest BCUT2D eigenvalue weighted by Gasteiger charge is -2.18. The molecule has 33 heavy (non-hydrogen) atoms. The van der Waals surface area contributed by atoms with Crippen LogP contribution < -0.4 is 0 Å². The second-order valence-corrected chi connectivity index (χ2v) is 10.6. The molecule has 0 unspecified atom stereocenters. The first-order valence-electron chi connectivity index (χ1n) is 11.1. The molecule has 2 aliphatic heterocycles. The van der Waals surface area contributed by atoms with Gasteiger partial charge in [-0.25, -0.2) is 8.42 Å². The zero-order valence-electron chi connectivity index (χ0n) is 18.8. The van der Waals surface area contributed by atoms with Crippen LogP contribution in [0.2, 0.25) is 0 Å². The molecule has 166 valence electrons. The van der Waals surface area contributed by atoms with Gasteiger partial charge in [0.05, 0.1) is 16.3 Å². The second kappa shape index (κ2) is 8.58. The third-order valence-corrected chi connectivity index (χ3v) is 8.11. The molecular weight excluding hydrogens is 428 g/mol. The Morgan fingerprint density at radius 2 is 1.52 bits per heavy atom. The van der Waals surface area contributed by atoms with Crippen molar-refractivity contribution in [3.63, 3.8) is 0 Å². The van der Waals surface area contributed by atoms with Gasteiger partial charge >= 0.3 is 0 Å². The van der Waals surface area contributed by atoms with Crippen molar-refractivity contribution in [1.82, 2.24) is 4.31 Å². The molecule has 0 saturated heterocycles. The van der Waals surface area contributed by atoms with E-state index in [1.807, 2.05) is 61.5 Å². The molecule has 5 rings (SSSR count). The SMILES string of the molecule is Cc1ccc(S(=O)(=O)N2CC3=C(CC(c4ccccc4C)=NC(c4ccccc4)=C3)C2)cc1. The van der Waals surface area contributed by atoms with E-state index >= 15 is 0 Å². The van der Waals surface area contributed by atoms with Crippen LogP contribution in [0.1, 0.15) is 28.7 Å². The van der Waals surface area contributed by atoms with E-state index in [0.29, 0.717) is 24.4 Å². The van der Waals surface area contributed by atoms with E-state index in [9.17, 15) is 8.42 Å². The van der Waals surface area contributed by atoms with Crippen molar-refractivity contribution in [3.8, 4) is 0 Å². The number of sulfonamides is 1. The summed E-state index contributed by atoms with van der Waals surface area (Å²) in [5.74, 6) is 0. The van der Waals surface area contributed by atoms with Gasteiger partial charge in [-0.1, -0.05) is 72.3 Å². The number of hydrogen-bond acceptors (Lipinski definition) is 3. The van der Waals surface area contributed by atoms with E-state index in [1.165, 1.54) is 0 Å². The number of aliphatic imine (C=N–C) groups is 1. The maximum absolute atomic E-state index is 13.4. The third-order valence-electron chi connectivity index (χ3n) is 6.30. The van der Waals surface area contributed by atoms with Crippen molar-refractivity contribution in [3.05, 3.63) is 118 Å². The van der Waals surface area contributed by atoms with Crippen molar-refractivity contribution in [2.24, 2.45) is 4.99 Å². The van der Waals surface area contributed by atoms with Crippen LogP contribution >= 0.6 is 0 Å². The Morgan fingerprint density at radius 1 is 0.818 bits per heavy atom. The molecule has 0 spiro atoms. The molecular formula is C28H26N2O2S.